The van der Waals surface area contributed by atoms with Gasteiger partial charge in [-0.05, 0) is 66.1 Å². The lowest BCUT2D eigenvalue weighted by Crippen LogP contribution is -2.30. The molecular formula is C26H26ClNO5S. The highest BCUT2D eigenvalue weighted by Crippen LogP contribution is 2.27. The molecule has 0 saturated carbocycles. The van der Waals surface area contributed by atoms with Crippen LogP contribution in [0.1, 0.15) is 21.5 Å². The van der Waals surface area contributed by atoms with Crippen LogP contribution in [0.4, 0.5) is 0 Å². The molecule has 0 fully saturated rings. The number of benzene rings is 3. The van der Waals surface area contributed by atoms with Crippen LogP contribution in [-0.2, 0) is 21.7 Å². The van der Waals surface area contributed by atoms with Gasteiger partial charge in [-0.1, -0.05) is 29.8 Å². The van der Waals surface area contributed by atoms with Crippen LogP contribution in [-0.4, -0.2) is 39.2 Å². The Morgan fingerprint density at radius 2 is 1.56 bits per heavy atom. The Bertz CT molecular complexity index is 1100. The fourth-order valence-electron chi connectivity index (χ4n) is 3.08. The Morgan fingerprint density at radius 1 is 0.882 bits per heavy atom. The van der Waals surface area contributed by atoms with Crippen LogP contribution in [0.3, 0.4) is 0 Å². The monoisotopic (exact) mass is 499 g/mol. The average Bonchev–Trinajstić information content (AvgIpc) is 2.87. The van der Waals surface area contributed by atoms with Crippen LogP contribution in [0.25, 0.3) is 0 Å². The molecule has 0 unspecified atom stereocenters. The van der Waals surface area contributed by atoms with Gasteiger partial charge in [-0.15, -0.1) is 11.8 Å². The number of nitrogens with one attached hydrogen (secondary N) is 1. The smallest absolute Gasteiger partial charge is 0.338 e. The highest BCUT2D eigenvalue weighted by atomic mass is 35.5. The molecule has 0 heterocycles. The largest absolute Gasteiger partial charge is 0.493 e. The van der Waals surface area contributed by atoms with Crippen molar-refractivity contribution in [1.29, 1.82) is 0 Å². The summed E-state index contributed by atoms with van der Waals surface area (Å²) in [7, 11) is 3.15. The first-order valence-electron chi connectivity index (χ1n) is 10.6. The third-order valence-electron chi connectivity index (χ3n) is 4.93. The second-order valence-electron chi connectivity index (χ2n) is 7.30. The SMILES string of the molecule is COc1ccc(CCNC(=O)COC(=O)c2ccc(CSc3ccc(Cl)cc3)cc2)cc1OC. The van der Waals surface area contributed by atoms with Gasteiger partial charge < -0.3 is 19.5 Å². The molecule has 0 spiro atoms. The van der Waals surface area contributed by atoms with Crippen LogP contribution in [0.2, 0.25) is 5.02 Å². The third-order valence-corrected chi connectivity index (χ3v) is 6.26. The first-order chi connectivity index (χ1) is 16.5. The van der Waals surface area contributed by atoms with Crippen molar-refractivity contribution in [3.05, 3.63) is 88.4 Å². The third kappa shape index (κ3) is 7.71. The summed E-state index contributed by atoms with van der Waals surface area (Å²) in [6.45, 7) is 0.0742. The Hall–Kier alpha value is -3.16. The molecule has 0 aliphatic carbocycles. The second kappa shape index (κ2) is 12.9. The Balaban J connectivity index is 1.39. The van der Waals surface area contributed by atoms with Crippen molar-refractivity contribution in [2.24, 2.45) is 0 Å². The number of rotatable bonds is 11. The summed E-state index contributed by atoms with van der Waals surface area (Å²) >= 11 is 7.58. The van der Waals surface area contributed by atoms with E-state index in [-0.39, 0.29) is 12.5 Å². The molecule has 3 aromatic carbocycles. The molecule has 3 aromatic rings. The number of methoxy groups -OCH3 is 2. The Kier molecular flexibility index (Phi) is 9.67. The lowest BCUT2D eigenvalue weighted by Gasteiger charge is -2.10. The van der Waals surface area contributed by atoms with Crippen molar-refractivity contribution in [2.75, 3.05) is 27.4 Å². The summed E-state index contributed by atoms with van der Waals surface area (Å²) < 4.78 is 15.6. The molecule has 3 rings (SSSR count). The highest BCUT2D eigenvalue weighted by molar-refractivity contribution is 7.98. The van der Waals surface area contributed by atoms with Gasteiger partial charge in [0, 0.05) is 22.2 Å². The van der Waals surface area contributed by atoms with Gasteiger partial charge in [0.25, 0.3) is 5.91 Å². The minimum atomic E-state index is -0.535. The zero-order chi connectivity index (χ0) is 24.3. The number of hydrogen-bond acceptors (Lipinski definition) is 6. The van der Waals surface area contributed by atoms with Crippen molar-refractivity contribution in [3.8, 4) is 11.5 Å². The van der Waals surface area contributed by atoms with Gasteiger partial charge in [0.2, 0.25) is 0 Å². The van der Waals surface area contributed by atoms with Crippen molar-refractivity contribution < 1.29 is 23.8 Å². The van der Waals surface area contributed by atoms with Crippen molar-refractivity contribution >= 4 is 35.2 Å². The summed E-state index contributed by atoms with van der Waals surface area (Å²) in [6, 6.07) is 20.4. The minimum absolute atomic E-state index is 0.334. The molecule has 0 saturated heterocycles. The molecule has 8 heteroatoms. The van der Waals surface area contributed by atoms with E-state index in [9.17, 15) is 9.59 Å². The topological polar surface area (TPSA) is 73.9 Å². The molecular weight excluding hydrogens is 474 g/mol. The van der Waals surface area contributed by atoms with Crippen molar-refractivity contribution in [3.63, 3.8) is 0 Å². The number of amides is 1. The molecule has 0 aliphatic rings. The van der Waals surface area contributed by atoms with Crippen LogP contribution in [0.5, 0.6) is 11.5 Å². The van der Waals surface area contributed by atoms with Gasteiger partial charge in [-0.3, -0.25) is 4.79 Å². The second-order valence-corrected chi connectivity index (χ2v) is 8.79. The summed E-state index contributed by atoms with van der Waals surface area (Å²) in [5.74, 6) is 1.15. The molecule has 1 N–H and O–H groups in total. The van der Waals surface area contributed by atoms with Crippen LogP contribution >= 0.6 is 23.4 Å². The molecule has 0 bridgehead atoms. The Morgan fingerprint density at radius 3 is 2.24 bits per heavy atom. The predicted molar refractivity (Wildman–Crippen MR) is 134 cm³/mol. The van der Waals surface area contributed by atoms with Gasteiger partial charge >= 0.3 is 5.97 Å². The minimum Gasteiger partial charge on any atom is -0.493 e. The van der Waals surface area contributed by atoms with E-state index in [1.165, 1.54) is 0 Å². The maximum atomic E-state index is 12.3. The first-order valence-corrected chi connectivity index (χ1v) is 12.0. The van der Waals surface area contributed by atoms with Crippen LogP contribution in [0.15, 0.2) is 71.6 Å². The van der Waals surface area contributed by atoms with Gasteiger partial charge in [-0.25, -0.2) is 4.79 Å². The number of thioether (sulfide) groups is 1. The van der Waals surface area contributed by atoms with E-state index in [0.29, 0.717) is 35.1 Å². The van der Waals surface area contributed by atoms with Gasteiger partial charge in [0.05, 0.1) is 19.8 Å². The number of carbonyl (C=O) groups is 2. The molecule has 0 aliphatic heterocycles. The standard InChI is InChI=1S/C26H26ClNO5S/c1-31-23-12-5-18(15-24(23)32-2)13-14-28-25(29)16-33-26(30)20-6-3-19(4-7-20)17-34-22-10-8-21(27)9-11-22/h3-12,15H,13-14,16-17H2,1-2H3,(H,28,29). The summed E-state index contributed by atoms with van der Waals surface area (Å²) in [6.07, 6.45) is 0.607. The number of ether oxygens (including phenoxy) is 3. The van der Waals surface area contributed by atoms with Gasteiger partial charge in [0.15, 0.2) is 18.1 Å². The predicted octanol–water partition coefficient (Wildman–Crippen LogP) is 5.17. The summed E-state index contributed by atoms with van der Waals surface area (Å²) in [4.78, 5) is 25.4. The summed E-state index contributed by atoms with van der Waals surface area (Å²) in [5, 5.41) is 3.46. The fourth-order valence-corrected chi connectivity index (χ4v) is 4.06. The van der Waals surface area contributed by atoms with E-state index in [2.05, 4.69) is 5.32 Å². The molecule has 0 aromatic heterocycles. The van der Waals surface area contributed by atoms with Crippen LogP contribution < -0.4 is 14.8 Å². The average molecular weight is 500 g/mol. The lowest BCUT2D eigenvalue weighted by atomic mass is 10.1. The van der Waals surface area contributed by atoms with Crippen LogP contribution in [0, 0.1) is 0 Å². The zero-order valence-corrected chi connectivity index (χ0v) is 20.6. The van der Waals surface area contributed by atoms with E-state index >= 15 is 0 Å². The lowest BCUT2D eigenvalue weighted by molar-refractivity contribution is -0.124. The first kappa shape index (κ1) is 25.5. The van der Waals surface area contributed by atoms with E-state index in [1.807, 2.05) is 54.6 Å². The molecule has 0 atom stereocenters. The Labute approximate surface area is 208 Å². The van der Waals surface area contributed by atoms with Gasteiger partial charge in [-0.2, -0.15) is 0 Å². The van der Waals surface area contributed by atoms with Gasteiger partial charge in [0.1, 0.15) is 0 Å². The van der Waals surface area contributed by atoms with Crippen molar-refractivity contribution in [2.45, 2.75) is 17.1 Å². The van der Waals surface area contributed by atoms with E-state index in [0.717, 1.165) is 21.8 Å². The fraction of sp³-hybridized carbons (Fsp3) is 0.231. The zero-order valence-electron chi connectivity index (χ0n) is 19.0. The molecule has 0 radical (unpaired) electrons. The highest BCUT2D eigenvalue weighted by Gasteiger charge is 2.11. The number of esters is 1. The molecule has 178 valence electrons. The number of carbonyl (C=O) groups excluding carboxylic acids is 2. The maximum Gasteiger partial charge on any atom is 0.338 e. The quantitative estimate of drug-likeness (QED) is 0.290. The van der Waals surface area contributed by atoms with E-state index < -0.39 is 5.97 Å². The maximum absolute atomic E-state index is 12.3. The normalized spacial score (nSPS) is 10.4. The van der Waals surface area contributed by atoms with E-state index in [1.54, 1.807) is 38.1 Å². The number of hydrogen-bond donors (Lipinski definition) is 1. The summed E-state index contributed by atoms with van der Waals surface area (Å²) in [5.41, 5.74) is 2.46. The molecule has 6 nitrogen and oxygen atoms in total. The molecule has 34 heavy (non-hydrogen) atoms. The van der Waals surface area contributed by atoms with E-state index in [4.69, 9.17) is 25.8 Å². The van der Waals surface area contributed by atoms with Crippen molar-refractivity contribution in [1.82, 2.24) is 5.32 Å². The number of halogens is 1. The molecule has 1 amide bonds.